The maximum atomic E-state index is 12.4. The van der Waals surface area contributed by atoms with Gasteiger partial charge in [-0.05, 0) is 31.4 Å². The Labute approximate surface area is 164 Å². The zero-order valence-corrected chi connectivity index (χ0v) is 16.7. The van der Waals surface area contributed by atoms with Gasteiger partial charge in [-0.2, -0.15) is 16.8 Å². The fraction of sp³-hybridized carbons (Fsp3) is 0.389. The molecule has 144 valence electrons. The van der Waals surface area contributed by atoms with Crippen LogP contribution in [0.3, 0.4) is 0 Å². The van der Waals surface area contributed by atoms with Gasteiger partial charge < -0.3 is 18.8 Å². The van der Waals surface area contributed by atoms with Crippen molar-refractivity contribution in [1.29, 1.82) is 0 Å². The van der Waals surface area contributed by atoms with Crippen LogP contribution in [0.5, 0.6) is 0 Å². The Morgan fingerprint density at radius 2 is 2.22 bits per heavy atom. The Kier molecular flexibility index (Phi) is 6.57. The van der Waals surface area contributed by atoms with Crippen LogP contribution in [0.25, 0.3) is 10.2 Å². The van der Waals surface area contributed by atoms with Crippen LogP contribution >= 0.6 is 23.1 Å². The highest BCUT2D eigenvalue weighted by Crippen LogP contribution is 2.20. The number of esters is 1. The molecule has 1 aromatic carbocycles. The number of amides is 1. The SMILES string of the molecule is CCOC(=O)c1ccc2c(c1)sc(=NC(=O)C1=COCCO1)n2CCSC. The summed E-state index contributed by atoms with van der Waals surface area (Å²) in [6.45, 7) is 3.54. The monoisotopic (exact) mass is 408 g/mol. The second-order valence-electron chi connectivity index (χ2n) is 5.55. The molecule has 1 amide bonds. The molecule has 1 aromatic heterocycles. The standard InChI is InChI=1S/C18H20N2O5S2/c1-3-24-17(22)12-4-5-13-15(10-12)27-18(20(13)6-9-26-2)19-16(21)14-11-23-7-8-25-14/h4-5,10-11H,3,6-9H2,1-2H3. The molecule has 3 rings (SSSR count). The van der Waals surface area contributed by atoms with Gasteiger partial charge in [0.2, 0.25) is 5.76 Å². The molecule has 0 saturated heterocycles. The first-order chi connectivity index (χ1) is 13.1. The number of carbonyl (C=O) groups excluding carboxylic acids is 2. The number of hydrogen-bond donors (Lipinski definition) is 0. The van der Waals surface area contributed by atoms with Gasteiger partial charge in [0.1, 0.15) is 19.5 Å². The molecule has 9 heteroatoms. The molecule has 0 spiro atoms. The first-order valence-electron chi connectivity index (χ1n) is 8.47. The van der Waals surface area contributed by atoms with Crippen LogP contribution in [-0.2, 0) is 25.5 Å². The Hall–Kier alpha value is -2.26. The van der Waals surface area contributed by atoms with E-state index in [0.29, 0.717) is 36.7 Å². The minimum atomic E-state index is -0.482. The van der Waals surface area contributed by atoms with Crippen molar-refractivity contribution in [2.45, 2.75) is 13.5 Å². The molecule has 0 unspecified atom stereocenters. The van der Waals surface area contributed by atoms with E-state index in [1.165, 1.54) is 17.6 Å². The number of ether oxygens (including phenoxy) is 3. The minimum Gasteiger partial charge on any atom is -0.494 e. The summed E-state index contributed by atoms with van der Waals surface area (Å²) in [6.07, 6.45) is 3.32. The van der Waals surface area contributed by atoms with Gasteiger partial charge >= 0.3 is 11.9 Å². The summed E-state index contributed by atoms with van der Waals surface area (Å²) in [5.74, 6) is 0.123. The molecule has 2 heterocycles. The Balaban J connectivity index is 2.04. The molecule has 0 atom stereocenters. The highest BCUT2D eigenvalue weighted by molar-refractivity contribution is 7.98. The number of nitrogens with zero attached hydrogens (tertiary/aromatic N) is 2. The molecular formula is C18H20N2O5S2. The Bertz CT molecular complexity index is 945. The predicted molar refractivity (Wildman–Crippen MR) is 105 cm³/mol. The maximum Gasteiger partial charge on any atom is 0.338 e. The van der Waals surface area contributed by atoms with Crippen molar-refractivity contribution in [2.24, 2.45) is 4.99 Å². The quantitative estimate of drug-likeness (QED) is 0.684. The van der Waals surface area contributed by atoms with Gasteiger partial charge in [-0.25, -0.2) is 4.79 Å². The summed E-state index contributed by atoms with van der Waals surface area (Å²) in [4.78, 5) is 29.2. The molecule has 0 radical (unpaired) electrons. The van der Waals surface area contributed by atoms with E-state index >= 15 is 0 Å². The second-order valence-corrected chi connectivity index (χ2v) is 7.55. The third-order valence-corrected chi connectivity index (χ3v) is 5.40. The number of benzene rings is 1. The van der Waals surface area contributed by atoms with Gasteiger partial charge in [0.05, 0.1) is 22.4 Å². The molecule has 0 fully saturated rings. The van der Waals surface area contributed by atoms with E-state index in [4.69, 9.17) is 14.2 Å². The highest BCUT2D eigenvalue weighted by atomic mass is 32.2. The van der Waals surface area contributed by atoms with Crippen molar-refractivity contribution in [3.8, 4) is 0 Å². The molecule has 0 saturated carbocycles. The number of thioether (sulfide) groups is 1. The smallest absolute Gasteiger partial charge is 0.338 e. The first-order valence-corrected chi connectivity index (χ1v) is 10.7. The van der Waals surface area contributed by atoms with E-state index in [1.807, 2.05) is 16.9 Å². The Morgan fingerprint density at radius 1 is 1.37 bits per heavy atom. The van der Waals surface area contributed by atoms with Crippen LogP contribution in [0, 0.1) is 0 Å². The summed E-state index contributed by atoms with van der Waals surface area (Å²) in [6, 6.07) is 5.37. The topological polar surface area (TPSA) is 79.1 Å². The molecule has 1 aliphatic heterocycles. The van der Waals surface area contributed by atoms with Crippen LogP contribution < -0.4 is 4.80 Å². The van der Waals surface area contributed by atoms with Crippen LogP contribution in [-0.4, -0.2) is 48.3 Å². The second kappa shape index (κ2) is 9.09. The first kappa shape index (κ1) is 19.5. The van der Waals surface area contributed by atoms with Gasteiger partial charge in [-0.1, -0.05) is 11.3 Å². The van der Waals surface area contributed by atoms with E-state index in [1.54, 1.807) is 30.8 Å². The van der Waals surface area contributed by atoms with E-state index in [-0.39, 0.29) is 11.7 Å². The predicted octanol–water partition coefficient (Wildman–Crippen LogP) is 2.56. The summed E-state index contributed by atoms with van der Waals surface area (Å²) < 4.78 is 18.3. The normalized spacial score (nSPS) is 14.4. The Morgan fingerprint density at radius 3 is 2.93 bits per heavy atom. The van der Waals surface area contributed by atoms with Crippen molar-refractivity contribution >= 4 is 45.2 Å². The maximum absolute atomic E-state index is 12.4. The molecule has 0 bridgehead atoms. The molecular weight excluding hydrogens is 388 g/mol. The van der Waals surface area contributed by atoms with E-state index in [2.05, 4.69) is 4.99 Å². The number of fused-ring (bicyclic) bond motifs is 1. The minimum absolute atomic E-state index is 0.0994. The number of hydrogen-bond acceptors (Lipinski definition) is 7. The van der Waals surface area contributed by atoms with Crippen LogP contribution in [0.2, 0.25) is 0 Å². The van der Waals surface area contributed by atoms with Gasteiger partial charge in [0.15, 0.2) is 4.80 Å². The molecule has 27 heavy (non-hydrogen) atoms. The zero-order valence-electron chi connectivity index (χ0n) is 15.1. The average molecular weight is 409 g/mol. The largest absolute Gasteiger partial charge is 0.494 e. The number of rotatable bonds is 6. The van der Waals surface area contributed by atoms with Crippen LogP contribution in [0.15, 0.2) is 35.2 Å². The third kappa shape index (κ3) is 4.54. The lowest BCUT2D eigenvalue weighted by Gasteiger charge is -2.12. The van der Waals surface area contributed by atoms with E-state index in [9.17, 15) is 9.59 Å². The number of aromatic nitrogens is 1. The van der Waals surface area contributed by atoms with Gasteiger partial charge in [0.25, 0.3) is 0 Å². The van der Waals surface area contributed by atoms with Gasteiger partial charge in [-0.15, -0.1) is 0 Å². The van der Waals surface area contributed by atoms with Crippen molar-refractivity contribution < 1.29 is 23.8 Å². The fourth-order valence-corrected chi connectivity index (χ4v) is 3.98. The van der Waals surface area contributed by atoms with E-state index in [0.717, 1.165) is 16.0 Å². The molecule has 7 nitrogen and oxygen atoms in total. The summed E-state index contributed by atoms with van der Waals surface area (Å²) in [5, 5.41) is 0. The van der Waals surface area contributed by atoms with Crippen LogP contribution in [0.1, 0.15) is 17.3 Å². The van der Waals surface area contributed by atoms with Gasteiger partial charge in [-0.3, -0.25) is 4.79 Å². The summed E-state index contributed by atoms with van der Waals surface area (Å²) in [7, 11) is 0. The lowest BCUT2D eigenvalue weighted by Crippen LogP contribution is -2.20. The fourth-order valence-electron chi connectivity index (χ4n) is 2.52. The zero-order chi connectivity index (χ0) is 19.2. The number of carbonyl (C=O) groups is 2. The lowest BCUT2D eigenvalue weighted by atomic mass is 10.2. The summed E-state index contributed by atoms with van der Waals surface area (Å²) in [5.41, 5.74) is 1.40. The molecule has 1 aliphatic rings. The summed E-state index contributed by atoms with van der Waals surface area (Å²) >= 11 is 3.06. The van der Waals surface area contributed by atoms with Gasteiger partial charge in [0, 0.05) is 12.3 Å². The van der Waals surface area contributed by atoms with Crippen LogP contribution in [0.4, 0.5) is 0 Å². The number of aryl methyl sites for hydroxylation is 1. The molecule has 2 aromatic rings. The molecule has 0 aliphatic carbocycles. The van der Waals surface area contributed by atoms with E-state index < -0.39 is 5.91 Å². The highest BCUT2D eigenvalue weighted by Gasteiger charge is 2.16. The van der Waals surface area contributed by atoms with Crippen molar-refractivity contribution in [2.75, 3.05) is 31.8 Å². The molecule has 0 N–H and O–H groups in total. The van der Waals surface area contributed by atoms with Crippen molar-refractivity contribution in [3.63, 3.8) is 0 Å². The third-order valence-electron chi connectivity index (χ3n) is 3.77. The van der Waals surface area contributed by atoms with Crippen molar-refractivity contribution in [1.82, 2.24) is 4.57 Å². The van der Waals surface area contributed by atoms with Crippen molar-refractivity contribution in [3.05, 3.63) is 40.6 Å². The average Bonchev–Trinajstić information content (AvgIpc) is 3.03. The number of thiazole rings is 1. The lowest BCUT2D eigenvalue weighted by molar-refractivity contribution is -0.119.